The molecule has 1 aromatic heterocycles. The monoisotopic (exact) mass is 476 g/mol. The highest BCUT2D eigenvalue weighted by Gasteiger charge is 2.42. The molecule has 0 saturated carbocycles. The molecule has 8 heteroatoms. The molecule has 0 aliphatic carbocycles. The smallest absolute Gasteiger partial charge is 0.273 e. The fourth-order valence-electron chi connectivity index (χ4n) is 4.81. The summed E-state index contributed by atoms with van der Waals surface area (Å²) in [7, 11) is 1.65. The van der Waals surface area contributed by atoms with Crippen molar-refractivity contribution >= 4 is 5.91 Å². The highest BCUT2D eigenvalue weighted by molar-refractivity contribution is 6.00. The fourth-order valence-corrected chi connectivity index (χ4v) is 4.81. The van der Waals surface area contributed by atoms with E-state index in [9.17, 15) is 4.79 Å². The molecule has 1 atom stereocenters. The van der Waals surface area contributed by atoms with Crippen LogP contribution in [0.1, 0.15) is 41.0 Å². The fraction of sp³-hybridized carbons (Fsp3) is 0.407. The van der Waals surface area contributed by atoms with Crippen molar-refractivity contribution in [1.29, 1.82) is 0 Å². The number of nitrogens with one attached hydrogen (secondary N) is 1. The van der Waals surface area contributed by atoms with Crippen molar-refractivity contribution in [3.05, 3.63) is 65.4 Å². The van der Waals surface area contributed by atoms with Crippen LogP contribution in [0.3, 0.4) is 0 Å². The minimum Gasteiger partial charge on any atom is -0.497 e. The Balaban J connectivity index is 1.52. The number of benzene rings is 2. The molecule has 35 heavy (non-hydrogen) atoms. The zero-order valence-corrected chi connectivity index (χ0v) is 20.3. The van der Waals surface area contributed by atoms with Gasteiger partial charge in [0.05, 0.1) is 38.7 Å². The van der Waals surface area contributed by atoms with Crippen LogP contribution in [0, 0.1) is 0 Å². The topological polar surface area (TPSA) is 79.9 Å². The van der Waals surface area contributed by atoms with Crippen molar-refractivity contribution in [2.24, 2.45) is 0 Å². The number of carbonyl (C=O) groups is 1. The summed E-state index contributed by atoms with van der Waals surface area (Å²) in [6.45, 7) is 7.40. The Morgan fingerprint density at radius 1 is 1.09 bits per heavy atom. The van der Waals surface area contributed by atoms with Gasteiger partial charge >= 0.3 is 0 Å². The molecule has 0 bridgehead atoms. The number of aromatic nitrogens is 2. The van der Waals surface area contributed by atoms with E-state index < -0.39 is 0 Å². The van der Waals surface area contributed by atoms with Crippen LogP contribution in [0.15, 0.2) is 48.5 Å². The normalized spacial score (nSPS) is 18.1. The van der Waals surface area contributed by atoms with Crippen LogP contribution in [-0.2, 0) is 4.74 Å². The molecule has 2 aliphatic heterocycles. The Bertz CT molecular complexity index is 1150. The molecule has 8 nitrogen and oxygen atoms in total. The van der Waals surface area contributed by atoms with Crippen molar-refractivity contribution in [3.63, 3.8) is 0 Å². The Morgan fingerprint density at radius 3 is 2.63 bits per heavy atom. The van der Waals surface area contributed by atoms with Gasteiger partial charge in [-0.1, -0.05) is 19.1 Å². The van der Waals surface area contributed by atoms with E-state index in [1.165, 1.54) is 0 Å². The van der Waals surface area contributed by atoms with E-state index in [1.807, 2.05) is 41.3 Å². The second-order valence-electron chi connectivity index (χ2n) is 8.87. The molecular formula is C27H32N4O4. The maximum absolute atomic E-state index is 13.6. The SMILES string of the molecule is CCCOc1cccc(C2c3c(-c4ccc(OC)cc4)n[nH]c3C(=O)N2CCN2CCOCC2)c1. The average molecular weight is 477 g/mol. The van der Waals surface area contributed by atoms with Crippen molar-refractivity contribution in [2.75, 3.05) is 53.1 Å². The number of fused-ring (bicyclic) bond motifs is 1. The summed E-state index contributed by atoms with van der Waals surface area (Å²) < 4.78 is 16.7. The minimum absolute atomic E-state index is 0.0228. The molecule has 1 fully saturated rings. The number of H-pyrrole nitrogens is 1. The molecule has 5 rings (SSSR count). The number of methoxy groups -OCH3 is 1. The first-order valence-electron chi connectivity index (χ1n) is 12.3. The molecule has 1 amide bonds. The lowest BCUT2D eigenvalue weighted by molar-refractivity contribution is 0.0316. The van der Waals surface area contributed by atoms with Crippen LogP contribution >= 0.6 is 0 Å². The maximum atomic E-state index is 13.6. The van der Waals surface area contributed by atoms with Crippen molar-refractivity contribution < 1.29 is 19.0 Å². The van der Waals surface area contributed by atoms with Crippen molar-refractivity contribution in [2.45, 2.75) is 19.4 Å². The third kappa shape index (κ3) is 4.76. The van der Waals surface area contributed by atoms with Crippen LogP contribution in [0.25, 0.3) is 11.3 Å². The second-order valence-corrected chi connectivity index (χ2v) is 8.87. The van der Waals surface area contributed by atoms with E-state index >= 15 is 0 Å². The number of aromatic amines is 1. The summed E-state index contributed by atoms with van der Waals surface area (Å²) in [5.74, 6) is 1.57. The maximum Gasteiger partial charge on any atom is 0.273 e. The Hall–Kier alpha value is -3.36. The number of hydrogen-bond acceptors (Lipinski definition) is 6. The first kappa shape index (κ1) is 23.4. The standard InChI is InChI=1S/C27H32N4O4/c1-3-15-35-22-6-4-5-20(18-22)26-23-24(19-7-9-21(33-2)10-8-19)28-29-25(23)27(32)31(26)12-11-30-13-16-34-17-14-30/h4-10,18,26H,3,11-17H2,1-2H3,(H,28,29). The number of ether oxygens (including phenoxy) is 3. The highest BCUT2D eigenvalue weighted by atomic mass is 16.5. The Morgan fingerprint density at radius 2 is 1.89 bits per heavy atom. The van der Waals surface area contributed by atoms with Crippen molar-refractivity contribution in [3.8, 4) is 22.8 Å². The highest BCUT2D eigenvalue weighted by Crippen LogP contribution is 2.43. The van der Waals surface area contributed by atoms with Gasteiger partial charge in [-0.25, -0.2) is 0 Å². The third-order valence-corrected chi connectivity index (χ3v) is 6.63. The van der Waals surface area contributed by atoms with E-state index in [2.05, 4.69) is 34.2 Å². The van der Waals surface area contributed by atoms with Gasteiger partial charge in [-0.3, -0.25) is 14.8 Å². The summed E-state index contributed by atoms with van der Waals surface area (Å²) in [5, 5.41) is 7.62. The molecule has 1 N–H and O–H groups in total. The van der Waals surface area contributed by atoms with Crippen molar-refractivity contribution in [1.82, 2.24) is 20.0 Å². The molecule has 1 saturated heterocycles. The first-order valence-corrected chi connectivity index (χ1v) is 12.3. The van der Waals surface area contributed by atoms with Crippen LogP contribution in [0.5, 0.6) is 11.5 Å². The summed E-state index contributed by atoms with van der Waals surface area (Å²) in [6, 6.07) is 15.6. The number of morpholine rings is 1. The van der Waals surface area contributed by atoms with E-state index in [1.54, 1.807) is 7.11 Å². The number of carbonyl (C=O) groups excluding carboxylic acids is 1. The Labute approximate surface area is 205 Å². The van der Waals surface area contributed by atoms with Crippen LogP contribution < -0.4 is 9.47 Å². The second kappa shape index (κ2) is 10.5. The number of hydrogen-bond donors (Lipinski definition) is 1. The molecule has 3 aromatic rings. The predicted octanol–water partition coefficient (Wildman–Crippen LogP) is 3.75. The predicted molar refractivity (Wildman–Crippen MR) is 133 cm³/mol. The van der Waals surface area contributed by atoms with Gasteiger partial charge in [-0.15, -0.1) is 0 Å². The number of amides is 1. The van der Waals surface area contributed by atoms with Gasteiger partial charge < -0.3 is 19.1 Å². The van der Waals surface area contributed by atoms with Gasteiger partial charge in [-0.2, -0.15) is 5.10 Å². The van der Waals surface area contributed by atoms with Gasteiger partial charge in [0, 0.05) is 37.3 Å². The molecule has 0 radical (unpaired) electrons. The van der Waals surface area contributed by atoms with Crippen LogP contribution in [0.2, 0.25) is 0 Å². The number of rotatable bonds is 9. The lowest BCUT2D eigenvalue weighted by Gasteiger charge is -2.31. The van der Waals surface area contributed by atoms with Gasteiger partial charge in [0.2, 0.25) is 0 Å². The van der Waals surface area contributed by atoms with E-state index in [4.69, 9.17) is 14.2 Å². The molecular weight excluding hydrogens is 444 g/mol. The quantitative estimate of drug-likeness (QED) is 0.507. The largest absolute Gasteiger partial charge is 0.497 e. The molecule has 2 aliphatic rings. The summed E-state index contributed by atoms with van der Waals surface area (Å²) in [4.78, 5) is 17.9. The summed E-state index contributed by atoms with van der Waals surface area (Å²) in [6.07, 6.45) is 0.936. The summed E-state index contributed by atoms with van der Waals surface area (Å²) >= 11 is 0. The van der Waals surface area contributed by atoms with Gasteiger partial charge in [0.1, 0.15) is 17.2 Å². The van der Waals surface area contributed by atoms with Gasteiger partial charge in [0.25, 0.3) is 5.91 Å². The molecule has 3 heterocycles. The average Bonchev–Trinajstić information content (AvgIpc) is 3.45. The van der Waals surface area contributed by atoms with E-state index in [0.717, 1.165) is 73.2 Å². The van der Waals surface area contributed by atoms with Gasteiger partial charge in [-0.05, 0) is 48.4 Å². The zero-order valence-electron chi connectivity index (χ0n) is 20.3. The van der Waals surface area contributed by atoms with E-state index in [0.29, 0.717) is 18.8 Å². The van der Waals surface area contributed by atoms with Gasteiger partial charge in [0.15, 0.2) is 0 Å². The minimum atomic E-state index is -0.250. The van der Waals surface area contributed by atoms with Crippen LogP contribution in [0.4, 0.5) is 0 Å². The molecule has 184 valence electrons. The lowest BCUT2D eigenvalue weighted by atomic mass is 9.96. The van der Waals surface area contributed by atoms with Crippen LogP contribution in [-0.4, -0.2) is 79.0 Å². The lowest BCUT2D eigenvalue weighted by Crippen LogP contribution is -2.42. The molecule has 1 unspecified atom stereocenters. The molecule has 2 aromatic carbocycles. The molecule has 0 spiro atoms. The van der Waals surface area contributed by atoms with E-state index in [-0.39, 0.29) is 11.9 Å². The third-order valence-electron chi connectivity index (χ3n) is 6.63. The number of nitrogens with zero attached hydrogens (tertiary/aromatic N) is 3. The zero-order chi connectivity index (χ0) is 24.2. The summed E-state index contributed by atoms with van der Waals surface area (Å²) in [5.41, 5.74) is 4.21. The first-order chi connectivity index (χ1) is 17.2. The Kier molecular flexibility index (Phi) is 7.01.